The fourth-order valence-electron chi connectivity index (χ4n) is 1.78. The lowest BCUT2D eigenvalue weighted by atomic mass is 10.0. The van der Waals surface area contributed by atoms with Gasteiger partial charge in [0.15, 0.2) is 5.15 Å². The molecule has 0 aliphatic heterocycles. The van der Waals surface area contributed by atoms with E-state index in [1.165, 1.54) is 0 Å². The average molecular weight is 254 g/mol. The van der Waals surface area contributed by atoms with Crippen molar-refractivity contribution >= 4 is 28.5 Å². The average Bonchev–Trinajstić information content (AvgIpc) is 2.53. The van der Waals surface area contributed by atoms with Crippen molar-refractivity contribution in [2.75, 3.05) is 0 Å². The third kappa shape index (κ3) is 2.25. The summed E-state index contributed by atoms with van der Waals surface area (Å²) in [6.07, 6.45) is -0.108. The van der Waals surface area contributed by atoms with Crippen molar-refractivity contribution in [2.24, 2.45) is 12.8 Å². The summed E-state index contributed by atoms with van der Waals surface area (Å²) in [6, 6.07) is 4.89. The lowest BCUT2D eigenvalue weighted by Crippen LogP contribution is -2.14. The van der Waals surface area contributed by atoms with Crippen LogP contribution in [0.2, 0.25) is 5.15 Å². The van der Waals surface area contributed by atoms with Gasteiger partial charge in [0, 0.05) is 18.5 Å². The smallest absolute Gasteiger partial charge is 0.305 e. The molecule has 0 amide bonds. The number of benzene rings is 1. The van der Waals surface area contributed by atoms with Gasteiger partial charge in [0.25, 0.3) is 0 Å². The molecule has 0 aliphatic carbocycles. The number of hydrogen-bond donors (Lipinski definition) is 2. The summed E-state index contributed by atoms with van der Waals surface area (Å²) >= 11 is 5.97. The Morgan fingerprint density at radius 1 is 1.65 bits per heavy atom. The van der Waals surface area contributed by atoms with Gasteiger partial charge in [-0.2, -0.15) is 5.10 Å². The lowest BCUT2D eigenvalue weighted by Gasteiger charge is -2.09. The van der Waals surface area contributed by atoms with E-state index in [0.29, 0.717) is 5.15 Å². The Hall–Kier alpha value is -1.59. The quantitative estimate of drug-likeness (QED) is 0.872. The molecule has 1 heterocycles. The first-order valence-corrected chi connectivity index (χ1v) is 5.46. The molecule has 2 rings (SSSR count). The highest BCUT2D eigenvalue weighted by Crippen LogP contribution is 2.26. The van der Waals surface area contributed by atoms with Gasteiger partial charge in [0.05, 0.1) is 11.9 Å². The second-order valence-electron chi connectivity index (χ2n) is 3.90. The fourth-order valence-corrected chi connectivity index (χ4v) is 2.04. The van der Waals surface area contributed by atoms with Crippen molar-refractivity contribution in [1.82, 2.24) is 9.78 Å². The van der Waals surface area contributed by atoms with E-state index in [-0.39, 0.29) is 6.42 Å². The van der Waals surface area contributed by atoms with Crippen molar-refractivity contribution < 1.29 is 9.90 Å². The molecule has 0 saturated carbocycles. The summed E-state index contributed by atoms with van der Waals surface area (Å²) < 4.78 is 1.67. The van der Waals surface area contributed by atoms with Crippen LogP contribution in [-0.2, 0) is 11.8 Å². The number of rotatable bonds is 3. The number of nitrogens with zero attached hydrogens (tertiary/aromatic N) is 2. The van der Waals surface area contributed by atoms with Gasteiger partial charge >= 0.3 is 5.97 Å². The number of carboxylic acid groups (broad SMARTS) is 1. The Kier molecular flexibility index (Phi) is 3.04. The molecule has 0 fully saturated rings. The van der Waals surface area contributed by atoms with Crippen LogP contribution in [0.15, 0.2) is 18.2 Å². The molecule has 3 N–H and O–H groups in total. The highest BCUT2D eigenvalue weighted by molar-refractivity contribution is 6.34. The van der Waals surface area contributed by atoms with Gasteiger partial charge < -0.3 is 10.8 Å². The third-order valence-corrected chi connectivity index (χ3v) is 2.93. The minimum Gasteiger partial charge on any atom is -0.481 e. The van der Waals surface area contributed by atoms with Crippen LogP contribution in [0.1, 0.15) is 18.0 Å². The fraction of sp³-hybridized carbons (Fsp3) is 0.273. The summed E-state index contributed by atoms with van der Waals surface area (Å²) in [5.74, 6) is -0.921. The number of carboxylic acids is 1. The molecule has 0 bridgehead atoms. The molecule has 5 nitrogen and oxygen atoms in total. The Bertz CT molecular complexity index is 579. The maximum atomic E-state index is 10.6. The number of halogens is 1. The molecule has 0 aliphatic rings. The molecular formula is C11H12ClN3O2. The number of nitrogens with two attached hydrogens (primary N) is 1. The van der Waals surface area contributed by atoms with Gasteiger partial charge in [-0.05, 0) is 17.7 Å². The van der Waals surface area contributed by atoms with E-state index < -0.39 is 12.0 Å². The molecule has 6 heteroatoms. The highest BCUT2D eigenvalue weighted by atomic mass is 35.5. The third-order valence-electron chi connectivity index (χ3n) is 2.65. The number of hydrogen-bond acceptors (Lipinski definition) is 3. The minimum atomic E-state index is -0.921. The van der Waals surface area contributed by atoms with E-state index in [1.807, 2.05) is 6.07 Å². The van der Waals surface area contributed by atoms with Gasteiger partial charge in [-0.15, -0.1) is 0 Å². The lowest BCUT2D eigenvalue weighted by molar-refractivity contribution is -0.137. The summed E-state index contributed by atoms with van der Waals surface area (Å²) in [5.41, 5.74) is 7.43. The first kappa shape index (κ1) is 11.9. The standard InChI is InChI=1S/C11H12ClN3O2/c1-15-9-3-2-6(8(13)5-10(16)17)4-7(9)11(12)14-15/h2-4,8H,5,13H2,1H3,(H,16,17). The molecule has 0 radical (unpaired) electrons. The van der Waals surface area contributed by atoms with Crippen molar-refractivity contribution in [3.63, 3.8) is 0 Å². The van der Waals surface area contributed by atoms with Gasteiger partial charge in [0.1, 0.15) is 0 Å². The monoisotopic (exact) mass is 253 g/mol. The number of aliphatic carboxylic acids is 1. The molecule has 0 spiro atoms. The second kappa shape index (κ2) is 4.35. The zero-order valence-corrected chi connectivity index (χ0v) is 9.98. The Morgan fingerprint density at radius 3 is 3.00 bits per heavy atom. The summed E-state index contributed by atoms with van der Waals surface area (Å²) in [7, 11) is 1.80. The van der Waals surface area contributed by atoms with Crippen LogP contribution in [0, 0.1) is 0 Å². The van der Waals surface area contributed by atoms with Crippen LogP contribution in [-0.4, -0.2) is 20.9 Å². The van der Waals surface area contributed by atoms with E-state index in [4.69, 9.17) is 22.4 Å². The van der Waals surface area contributed by atoms with Crippen molar-refractivity contribution in [2.45, 2.75) is 12.5 Å². The molecule has 1 aromatic carbocycles. The first-order chi connectivity index (χ1) is 7.99. The maximum absolute atomic E-state index is 10.6. The molecule has 17 heavy (non-hydrogen) atoms. The Labute approximate surface area is 103 Å². The van der Waals surface area contributed by atoms with Crippen LogP contribution < -0.4 is 5.73 Å². The molecule has 1 unspecified atom stereocenters. The van der Waals surface area contributed by atoms with Gasteiger partial charge in [0.2, 0.25) is 0 Å². The van der Waals surface area contributed by atoms with Gasteiger partial charge in [-0.1, -0.05) is 17.7 Å². The zero-order valence-electron chi connectivity index (χ0n) is 9.22. The topological polar surface area (TPSA) is 81.1 Å². The summed E-state index contributed by atoms with van der Waals surface area (Å²) in [5, 5.41) is 14.0. The Morgan fingerprint density at radius 2 is 2.35 bits per heavy atom. The number of aryl methyl sites for hydroxylation is 1. The largest absolute Gasteiger partial charge is 0.481 e. The van der Waals surface area contributed by atoms with Crippen LogP contribution in [0.5, 0.6) is 0 Å². The van der Waals surface area contributed by atoms with Crippen molar-refractivity contribution in [3.05, 3.63) is 28.9 Å². The highest BCUT2D eigenvalue weighted by Gasteiger charge is 2.13. The van der Waals surface area contributed by atoms with Crippen LogP contribution in [0.4, 0.5) is 0 Å². The number of carbonyl (C=O) groups is 1. The predicted octanol–water partition coefficient (Wildman–Crippen LogP) is 1.70. The van der Waals surface area contributed by atoms with E-state index in [9.17, 15) is 4.79 Å². The SMILES string of the molecule is Cn1nc(Cl)c2cc(C(N)CC(=O)O)ccc21. The van der Waals surface area contributed by atoms with Crippen LogP contribution in [0.3, 0.4) is 0 Å². The van der Waals surface area contributed by atoms with E-state index in [0.717, 1.165) is 16.5 Å². The van der Waals surface area contributed by atoms with Crippen LogP contribution >= 0.6 is 11.6 Å². The van der Waals surface area contributed by atoms with Crippen LogP contribution in [0.25, 0.3) is 10.9 Å². The van der Waals surface area contributed by atoms with Crippen molar-refractivity contribution in [1.29, 1.82) is 0 Å². The van der Waals surface area contributed by atoms with Crippen molar-refractivity contribution in [3.8, 4) is 0 Å². The molecule has 90 valence electrons. The van der Waals surface area contributed by atoms with Gasteiger partial charge in [-0.25, -0.2) is 0 Å². The predicted molar refractivity (Wildman–Crippen MR) is 64.9 cm³/mol. The van der Waals surface area contributed by atoms with E-state index in [2.05, 4.69) is 5.10 Å². The zero-order chi connectivity index (χ0) is 12.6. The van der Waals surface area contributed by atoms with E-state index >= 15 is 0 Å². The molecule has 0 saturated heterocycles. The number of aromatic nitrogens is 2. The summed E-state index contributed by atoms with van der Waals surface area (Å²) in [4.78, 5) is 10.6. The Balaban J connectivity index is 2.44. The molecular weight excluding hydrogens is 242 g/mol. The minimum absolute atomic E-state index is 0.108. The van der Waals surface area contributed by atoms with E-state index in [1.54, 1.807) is 23.9 Å². The molecule has 2 aromatic rings. The number of fused-ring (bicyclic) bond motifs is 1. The summed E-state index contributed by atoms with van der Waals surface area (Å²) in [6.45, 7) is 0. The second-order valence-corrected chi connectivity index (χ2v) is 4.25. The normalized spacial score (nSPS) is 12.9. The maximum Gasteiger partial charge on any atom is 0.305 e. The first-order valence-electron chi connectivity index (χ1n) is 5.08. The van der Waals surface area contributed by atoms with Gasteiger partial charge in [-0.3, -0.25) is 9.48 Å². The molecule has 1 atom stereocenters. The molecule has 1 aromatic heterocycles.